The summed E-state index contributed by atoms with van der Waals surface area (Å²) in [6, 6.07) is 22.3. The van der Waals surface area contributed by atoms with Gasteiger partial charge in [-0.3, -0.25) is 4.90 Å². The van der Waals surface area contributed by atoms with E-state index in [1.807, 2.05) is 48.5 Å². The van der Waals surface area contributed by atoms with E-state index >= 15 is 0 Å². The average molecular weight is 463 g/mol. The van der Waals surface area contributed by atoms with Gasteiger partial charge in [0.1, 0.15) is 24.2 Å². The van der Waals surface area contributed by atoms with Crippen LogP contribution in [0, 0.1) is 0 Å². The van der Waals surface area contributed by atoms with Gasteiger partial charge in [0, 0.05) is 38.1 Å². The number of para-hydroxylation sites is 2. The van der Waals surface area contributed by atoms with Crippen LogP contribution in [0.2, 0.25) is 0 Å². The van der Waals surface area contributed by atoms with Crippen molar-refractivity contribution in [2.75, 3.05) is 51.3 Å². The van der Waals surface area contributed by atoms with Crippen molar-refractivity contribution in [2.24, 2.45) is 0 Å². The molecule has 7 heteroatoms. The molecule has 4 rings (SSSR count). The van der Waals surface area contributed by atoms with E-state index in [0.717, 1.165) is 54.1 Å². The molecule has 1 unspecified atom stereocenters. The van der Waals surface area contributed by atoms with Crippen molar-refractivity contribution >= 4 is 16.5 Å². The lowest BCUT2D eigenvalue weighted by Gasteiger charge is -2.37. The van der Waals surface area contributed by atoms with Gasteiger partial charge in [-0.15, -0.1) is 0 Å². The number of hydrogen-bond acceptors (Lipinski definition) is 5. The van der Waals surface area contributed by atoms with Crippen LogP contribution in [0.1, 0.15) is 0 Å². The van der Waals surface area contributed by atoms with Crippen LogP contribution in [0.3, 0.4) is 0 Å². The molecule has 3 aromatic carbocycles. The Morgan fingerprint density at radius 1 is 0.839 bits per heavy atom. The zero-order valence-electron chi connectivity index (χ0n) is 17.6. The van der Waals surface area contributed by atoms with E-state index in [2.05, 4.69) is 28.0 Å². The van der Waals surface area contributed by atoms with Gasteiger partial charge in [0.2, 0.25) is 0 Å². The van der Waals surface area contributed by atoms with E-state index in [-0.39, 0.29) is 24.8 Å². The van der Waals surface area contributed by atoms with Gasteiger partial charge in [-0.1, -0.05) is 48.5 Å². The summed E-state index contributed by atoms with van der Waals surface area (Å²) in [5.41, 5.74) is 1.13. The number of aliphatic hydroxyl groups is 1. The summed E-state index contributed by atoms with van der Waals surface area (Å²) in [5.74, 6) is 1.73. The molecule has 0 aromatic heterocycles. The normalized spacial score (nSPS) is 15.0. The third-order valence-corrected chi connectivity index (χ3v) is 5.45. The van der Waals surface area contributed by atoms with Crippen LogP contribution in [0.4, 0.5) is 5.69 Å². The molecule has 168 valence electrons. The Morgan fingerprint density at radius 3 is 2.26 bits per heavy atom. The Labute approximate surface area is 196 Å². The molecule has 0 spiro atoms. The number of β-amino-alcohol motifs (C(OH)–C–C–N with tert-alkyl or cyclic N) is 1. The molecule has 0 bridgehead atoms. The highest BCUT2D eigenvalue weighted by atomic mass is 35.5. The molecule has 0 aliphatic carbocycles. The maximum atomic E-state index is 10.5. The fourth-order valence-electron chi connectivity index (χ4n) is 3.92. The average Bonchev–Trinajstić information content (AvgIpc) is 2.78. The molecule has 0 radical (unpaired) electrons. The second kappa shape index (κ2) is 12.0. The number of benzene rings is 3. The van der Waals surface area contributed by atoms with Crippen LogP contribution in [0.15, 0.2) is 66.7 Å². The number of anilines is 1. The Bertz CT molecular complexity index is 944. The molecule has 0 amide bonds. The first kappa shape index (κ1) is 25.1. The Balaban J connectivity index is 0.00000171. The number of fused-ring (bicyclic) bond motifs is 1. The van der Waals surface area contributed by atoms with Gasteiger partial charge < -0.3 is 44.3 Å². The van der Waals surface area contributed by atoms with Crippen LogP contribution >= 0.6 is 0 Å². The molecule has 1 aliphatic rings. The summed E-state index contributed by atoms with van der Waals surface area (Å²) < 4.78 is 11.4. The number of methoxy groups -OCH3 is 1. The summed E-state index contributed by atoms with van der Waals surface area (Å²) in [7, 11) is 1.71. The minimum absolute atomic E-state index is 0. The first-order valence-electron chi connectivity index (χ1n) is 10.1. The fourth-order valence-corrected chi connectivity index (χ4v) is 3.92. The zero-order chi connectivity index (χ0) is 20.1. The third-order valence-electron chi connectivity index (χ3n) is 5.45. The lowest BCUT2D eigenvalue weighted by atomic mass is 10.1. The lowest BCUT2D eigenvalue weighted by Crippen LogP contribution is -3.00. The predicted octanol–water partition coefficient (Wildman–Crippen LogP) is -2.58. The standard InChI is InChI=1S/C24H28N2O3.2ClH/c1-28-24-11-5-4-10-22(24)26-15-13-25(14-16-26)17-20(27)18-29-23-12-6-8-19-7-2-3-9-21(19)23;;/h2-12,20,27H,13-18H2,1H3;2*1H/p-2. The highest BCUT2D eigenvalue weighted by Gasteiger charge is 2.21. The Hall–Kier alpha value is -2.18. The van der Waals surface area contributed by atoms with Gasteiger partial charge in [-0.2, -0.15) is 0 Å². The molecular weight excluding hydrogens is 435 g/mol. The van der Waals surface area contributed by atoms with Crippen molar-refractivity contribution < 1.29 is 39.4 Å². The molecule has 3 aromatic rings. The van der Waals surface area contributed by atoms with Crippen molar-refractivity contribution in [2.45, 2.75) is 6.10 Å². The number of halogens is 2. The molecule has 1 aliphatic heterocycles. The van der Waals surface area contributed by atoms with Crippen LogP contribution in [-0.2, 0) is 0 Å². The SMILES string of the molecule is COc1ccccc1N1CCN(CC(O)COc2cccc3ccccc23)CC1.[Cl-].[Cl-]. The zero-order valence-corrected chi connectivity index (χ0v) is 19.1. The van der Waals surface area contributed by atoms with Crippen molar-refractivity contribution in [3.8, 4) is 11.5 Å². The number of rotatable bonds is 7. The molecule has 1 N–H and O–H groups in total. The number of nitrogens with zero attached hydrogens (tertiary/aromatic N) is 2. The number of ether oxygens (including phenoxy) is 2. The highest BCUT2D eigenvalue weighted by Crippen LogP contribution is 2.28. The van der Waals surface area contributed by atoms with Gasteiger partial charge in [-0.05, 0) is 23.6 Å². The first-order valence-corrected chi connectivity index (χ1v) is 10.1. The van der Waals surface area contributed by atoms with Gasteiger partial charge in [0.15, 0.2) is 0 Å². The molecule has 31 heavy (non-hydrogen) atoms. The number of piperazine rings is 1. The number of hydrogen-bond donors (Lipinski definition) is 1. The molecular formula is C24H28Cl2N2O3-2. The summed E-state index contributed by atoms with van der Waals surface area (Å²) in [6.07, 6.45) is -0.522. The van der Waals surface area contributed by atoms with Crippen molar-refractivity contribution in [1.82, 2.24) is 4.90 Å². The molecule has 0 saturated carbocycles. The Kier molecular flexibility index (Phi) is 9.72. The van der Waals surface area contributed by atoms with Gasteiger partial charge >= 0.3 is 0 Å². The molecule has 1 atom stereocenters. The van der Waals surface area contributed by atoms with Gasteiger partial charge in [-0.25, -0.2) is 0 Å². The van der Waals surface area contributed by atoms with Gasteiger partial charge in [0.05, 0.1) is 12.8 Å². The smallest absolute Gasteiger partial charge is 0.142 e. The van der Waals surface area contributed by atoms with E-state index in [0.29, 0.717) is 13.2 Å². The van der Waals surface area contributed by atoms with Crippen molar-refractivity contribution in [3.63, 3.8) is 0 Å². The van der Waals surface area contributed by atoms with Crippen molar-refractivity contribution in [3.05, 3.63) is 66.7 Å². The van der Waals surface area contributed by atoms with E-state index in [4.69, 9.17) is 9.47 Å². The maximum absolute atomic E-state index is 10.5. The largest absolute Gasteiger partial charge is 1.00 e. The number of aliphatic hydroxyl groups excluding tert-OH is 1. The van der Waals surface area contributed by atoms with E-state index in [1.54, 1.807) is 7.11 Å². The summed E-state index contributed by atoms with van der Waals surface area (Å²) in [4.78, 5) is 4.64. The Morgan fingerprint density at radius 2 is 1.48 bits per heavy atom. The quantitative estimate of drug-likeness (QED) is 0.417. The summed E-state index contributed by atoms with van der Waals surface area (Å²) >= 11 is 0. The van der Waals surface area contributed by atoms with E-state index in [1.165, 1.54) is 0 Å². The highest BCUT2D eigenvalue weighted by molar-refractivity contribution is 5.88. The predicted molar refractivity (Wildman–Crippen MR) is 117 cm³/mol. The molecule has 5 nitrogen and oxygen atoms in total. The van der Waals surface area contributed by atoms with Crippen LogP contribution in [-0.4, -0.2) is 62.6 Å². The van der Waals surface area contributed by atoms with Gasteiger partial charge in [0.25, 0.3) is 0 Å². The van der Waals surface area contributed by atoms with E-state index in [9.17, 15) is 5.11 Å². The minimum Gasteiger partial charge on any atom is -1.00 e. The van der Waals surface area contributed by atoms with Crippen LogP contribution < -0.4 is 39.2 Å². The fraction of sp³-hybridized carbons (Fsp3) is 0.333. The summed E-state index contributed by atoms with van der Waals surface area (Å²) in [6.45, 7) is 4.55. The van der Waals surface area contributed by atoms with Crippen LogP contribution in [0.25, 0.3) is 10.8 Å². The summed E-state index contributed by atoms with van der Waals surface area (Å²) in [5, 5.41) is 12.7. The lowest BCUT2D eigenvalue weighted by molar-refractivity contribution is -0.00100. The molecule has 1 heterocycles. The second-order valence-electron chi connectivity index (χ2n) is 7.40. The van der Waals surface area contributed by atoms with E-state index < -0.39 is 6.10 Å². The third kappa shape index (κ3) is 6.17. The molecule has 1 fully saturated rings. The molecule has 1 saturated heterocycles. The first-order chi connectivity index (χ1) is 14.2. The van der Waals surface area contributed by atoms with Crippen molar-refractivity contribution in [1.29, 1.82) is 0 Å². The second-order valence-corrected chi connectivity index (χ2v) is 7.40. The minimum atomic E-state index is -0.522. The maximum Gasteiger partial charge on any atom is 0.142 e. The monoisotopic (exact) mass is 462 g/mol. The topological polar surface area (TPSA) is 45.2 Å². The van der Waals surface area contributed by atoms with Crippen LogP contribution in [0.5, 0.6) is 11.5 Å².